The fourth-order valence-electron chi connectivity index (χ4n) is 2.11. The van der Waals surface area contributed by atoms with E-state index in [1.807, 2.05) is 58.0 Å². The van der Waals surface area contributed by atoms with Crippen LogP contribution in [0.25, 0.3) is 0 Å². The van der Waals surface area contributed by atoms with Gasteiger partial charge in [0.05, 0.1) is 0 Å². The van der Waals surface area contributed by atoms with Gasteiger partial charge in [0, 0.05) is 11.3 Å². The van der Waals surface area contributed by atoms with Gasteiger partial charge in [0.1, 0.15) is 0 Å². The number of thiocarbonyl (C=S) groups is 1. The maximum absolute atomic E-state index is 12.1. The molecule has 120 valence electrons. The Bertz CT molecular complexity index is 756. The van der Waals surface area contributed by atoms with Gasteiger partial charge in [0.25, 0.3) is 5.91 Å². The number of hydrogen-bond donors (Lipinski definition) is 3. The zero-order valence-electron chi connectivity index (χ0n) is 13.8. The van der Waals surface area contributed by atoms with Crippen molar-refractivity contribution in [1.29, 1.82) is 0 Å². The van der Waals surface area contributed by atoms with Crippen LogP contribution in [0.2, 0.25) is 0 Å². The van der Waals surface area contributed by atoms with E-state index in [-0.39, 0.29) is 5.91 Å². The molecule has 0 saturated heterocycles. The molecule has 0 aromatic heterocycles. The van der Waals surface area contributed by atoms with Crippen LogP contribution in [0, 0.1) is 27.7 Å². The molecule has 0 bridgehead atoms. The molecule has 2 aromatic carbocycles. The Hall–Kier alpha value is -2.40. The summed E-state index contributed by atoms with van der Waals surface area (Å²) in [5, 5.41) is 3.43. The molecule has 0 aliphatic rings. The van der Waals surface area contributed by atoms with E-state index < -0.39 is 0 Å². The van der Waals surface area contributed by atoms with Crippen molar-refractivity contribution in [2.75, 3.05) is 5.32 Å². The summed E-state index contributed by atoms with van der Waals surface area (Å²) in [4.78, 5) is 12.1. The third-order valence-corrected chi connectivity index (χ3v) is 4.12. The fraction of sp³-hybridized carbons (Fsp3) is 0.222. The number of nitrogens with one attached hydrogen (secondary N) is 3. The minimum Gasteiger partial charge on any atom is -0.331 e. The van der Waals surface area contributed by atoms with Crippen LogP contribution in [-0.2, 0) is 0 Å². The van der Waals surface area contributed by atoms with Crippen LogP contribution in [0.4, 0.5) is 5.69 Å². The maximum atomic E-state index is 12.1. The summed E-state index contributed by atoms with van der Waals surface area (Å²) in [6, 6.07) is 11.5. The fourth-order valence-corrected chi connectivity index (χ4v) is 2.27. The van der Waals surface area contributed by atoms with Crippen molar-refractivity contribution in [3.63, 3.8) is 0 Å². The van der Waals surface area contributed by atoms with Gasteiger partial charge in [-0.2, -0.15) is 0 Å². The van der Waals surface area contributed by atoms with E-state index in [1.54, 1.807) is 6.07 Å². The molecule has 1 amide bonds. The van der Waals surface area contributed by atoms with Gasteiger partial charge in [0.2, 0.25) is 0 Å². The van der Waals surface area contributed by atoms with Gasteiger partial charge in [-0.05, 0) is 80.4 Å². The number of hydrazine groups is 1. The third kappa shape index (κ3) is 4.29. The molecule has 0 radical (unpaired) electrons. The van der Waals surface area contributed by atoms with Crippen molar-refractivity contribution in [2.24, 2.45) is 0 Å². The van der Waals surface area contributed by atoms with Gasteiger partial charge in [0.15, 0.2) is 5.11 Å². The van der Waals surface area contributed by atoms with Crippen LogP contribution in [0.1, 0.15) is 32.6 Å². The lowest BCUT2D eigenvalue weighted by Gasteiger charge is -2.14. The Balaban J connectivity index is 1.94. The minimum absolute atomic E-state index is 0.224. The van der Waals surface area contributed by atoms with E-state index in [2.05, 4.69) is 16.2 Å². The highest BCUT2D eigenvalue weighted by Crippen LogP contribution is 2.17. The van der Waals surface area contributed by atoms with E-state index >= 15 is 0 Å². The highest BCUT2D eigenvalue weighted by atomic mass is 32.1. The van der Waals surface area contributed by atoms with Crippen LogP contribution in [0.5, 0.6) is 0 Å². The second-order valence-corrected chi connectivity index (χ2v) is 5.99. The van der Waals surface area contributed by atoms with E-state index in [0.717, 1.165) is 22.4 Å². The molecule has 0 heterocycles. The van der Waals surface area contributed by atoms with Crippen molar-refractivity contribution in [3.05, 3.63) is 64.2 Å². The number of anilines is 1. The summed E-state index contributed by atoms with van der Waals surface area (Å²) in [7, 11) is 0. The molecule has 0 saturated carbocycles. The van der Waals surface area contributed by atoms with E-state index in [4.69, 9.17) is 12.2 Å². The minimum atomic E-state index is -0.224. The van der Waals surface area contributed by atoms with Gasteiger partial charge in [-0.25, -0.2) is 0 Å². The molecule has 23 heavy (non-hydrogen) atoms. The Labute approximate surface area is 142 Å². The second-order valence-electron chi connectivity index (χ2n) is 5.58. The smallest absolute Gasteiger partial charge is 0.269 e. The Kier molecular flexibility index (Phi) is 5.34. The monoisotopic (exact) mass is 327 g/mol. The molecule has 5 heteroatoms. The van der Waals surface area contributed by atoms with Gasteiger partial charge >= 0.3 is 0 Å². The van der Waals surface area contributed by atoms with Crippen LogP contribution in [0.3, 0.4) is 0 Å². The molecular weight excluding hydrogens is 306 g/mol. The van der Waals surface area contributed by atoms with Gasteiger partial charge in [-0.3, -0.25) is 15.6 Å². The first-order chi connectivity index (χ1) is 10.9. The lowest BCUT2D eigenvalue weighted by Crippen LogP contribution is -2.43. The summed E-state index contributed by atoms with van der Waals surface area (Å²) in [6.45, 7) is 8.05. The summed E-state index contributed by atoms with van der Waals surface area (Å²) in [5.74, 6) is -0.224. The number of aryl methyl sites for hydroxylation is 3. The van der Waals surface area contributed by atoms with Crippen molar-refractivity contribution in [1.82, 2.24) is 10.9 Å². The highest BCUT2D eigenvalue weighted by Gasteiger charge is 2.08. The van der Waals surface area contributed by atoms with Crippen molar-refractivity contribution in [3.8, 4) is 0 Å². The SMILES string of the molecule is Cc1ccc(C(=O)NNC(=S)Nc2cccc(C)c2C)cc1C. The topological polar surface area (TPSA) is 53.2 Å². The number of hydrogen-bond acceptors (Lipinski definition) is 2. The number of rotatable bonds is 2. The standard InChI is InChI=1S/C18H21N3OS/c1-11-8-9-15(10-13(11)3)17(22)20-21-18(23)19-16-7-5-6-12(2)14(16)4/h5-10H,1-4H3,(H,20,22)(H2,19,21,23). The summed E-state index contributed by atoms with van der Waals surface area (Å²) in [6.07, 6.45) is 0. The molecule has 3 N–H and O–H groups in total. The van der Waals surface area contributed by atoms with Crippen molar-refractivity contribution >= 4 is 28.9 Å². The van der Waals surface area contributed by atoms with Crippen LogP contribution in [-0.4, -0.2) is 11.0 Å². The first-order valence-electron chi connectivity index (χ1n) is 7.39. The molecule has 0 spiro atoms. The van der Waals surface area contributed by atoms with E-state index in [0.29, 0.717) is 10.7 Å². The van der Waals surface area contributed by atoms with Crippen molar-refractivity contribution < 1.29 is 4.79 Å². The average Bonchev–Trinajstić information content (AvgIpc) is 2.52. The van der Waals surface area contributed by atoms with Gasteiger partial charge in [-0.1, -0.05) is 18.2 Å². The molecule has 0 aliphatic carbocycles. The van der Waals surface area contributed by atoms with E-state index in [9.17, 15) is 4.79 Å². The lowest BCUT2D eigenvalue weighted by molar-refractivity contribution is 0.0944. The first-order valence-corrected chi connectivity index (χ1v) is 7.80. The van der Waals surface area contributed by atoms with Gasteiger partial charge < -0.3 is 5.32 Å². The molecule has 2 aromatic rings. The number of carbonyl (C=O) groups is 1. The predicted octanol–water partition coefficient (Wildman–Crippen LogP) is 3.55. The summed E-state index contributed by atoms with van der Waals surface area (Å²) < 4.78 is 0. The molecular formula is C18H21N3OS. The van der Waals surface area contributed by atoms with Gasteiger partial charge in [-0.15, -0.1) is 0 Å². The zero-order valence-corrected chi connectivity index (χ0v) is 14.6. The first kappa shape index (κ1) is 17.0. The summed E-state index contributed by atoms with van der Waals surface area (Å²) >= 11 is 5.22. The normalized spacial score (nSPS) is 10.1. The number of amides is 1. The molecule has 2 rings (SSSR count). The Morgan fingerprint density at radius 1 is 0.913 bits per heavy atom. The quantitative estimate of drug-likeness (QED) is 0.583. The molecule has 0 aliphatic heterocycles. The molecule has 4 nitrogen and oxygen atoms in total. The second kappa shape index (κ2) is 7.24. The number of carbonyl (C=O) groups excluding carboxylic acids is 1. The average molecular weight is 327 g/mol. The molecule has 0 fully saturated rings. The predicted molar refractivity (Wildman–Crippen MR) is 98.7 cm³/mol. The zero-order chi connectivity index (χ0) is 17.0. The van der Waals surface area contributed by atoms with Crippen LogP contribution >= 0.6 is 12.2 Å². The largest absolute Gasteiger partial charge is 0.331 e. The Morgan fingerprint density at radius 3 is 2.35 bits per heavy atom. The van der Waals surface area contributed by atoms with E-state index in [1.165, 1.54) is 5.56 Å². The van der Waals surface area contributed by atoms with Crippen LogP contribution in [0.15, 0.2) is 36.4 Å². The number of benzene rings is 2. The molecule has 0 unspecified atom stereocenters. The lowest BCUT2D eigenvalue weighted by atomic mass is 10.1. The summed E-state index contributed by atoms with van der Waals surface area (Å²) in [5.41, 5.74) is 11.4. The third-order valence-electron chi connectivity index (χ3n) is 3.91. The van der Waals surface area contributed by atoms with Crippen LogP contribution < -0.4 is 16.2 Å². The van der Waals surface area contributed by atoms with Crippen molar-refractivity contribution in [2.45, 2.75) is 27.7 Å². The molecule has 0 atom stereocenters. The highest BCUT2D eigenvalue weighted by molar-refractivity contribution is 7.80. The maximum Gasteiger partial charge on any atom is 0.269 e. The Morgan fingerprint density at radius 2 is 1.65 bits per heavy atom.